The van der Waals surface area contributed by atoms with E-state index in [1.807, 2.05) is 0 Å². The molecule has 0 atom stereocenters. The Hall–Kier alpha value is 1.31. The van der Waals surface area contributed by atoms with Crippen molar-refractivity contribution in [3.63, 3.8) is 0 Å². The van der Waals surface area contributed by atoms with Gasteiger partial charge in [-0.15, -0.1) is 0 Å². The molecule has 0 fully saturated rings. The minimum atomic E-state index is -1.29. The molecule has 0 amide bonds. The number of halogens is 2. The van der Waals surface area contributed by atoms with Crippen LogP contribution in [0, 0.1) is 0 Å². The van der Waals surface area contributed by atoms with Gasteiger partial charge >= 0.3 is 43.7 Å². The first-order chi connectivity index (χ1) is 2.64. The van der Waals surface area contributed by atoms with Gasteiger partial charge in [-0.2, -0.15) is 0 Å². The summed E-state index contributed by atoms with van der Waals surface area (Å²) in [6, 6.07) is 0. The summed E-state index contributed by atoms with van der Waals surface area (Å²) < 4.78 is 0. The first kappa shape index (κ1) is 11.2. The Kier molecular flexibility index (Phi) is 8.68. The van der Waals surface area contributed by atoms with E-state index < -0.39 is 10.8 Å². The summed E-state index contributed by atoms with van der Waals surface area (Å²) in [7, 11) is 0. The van der Waals surface area contributed by atoms with Crippen LogP contribution in [0.1, 0.15) is 0 Å². The zero-order valence-electron chi connectivity index (χ0n) is 2.69. The molecule has 0 spiro atoms. The third-order valence-electron chi connectivity index (χ3n) is 0.187. The summed E-state index contributed by atoms with van der Waals surface area (Å²) >= 11 is 9.56. The van der Waals surface area contributed by atoms with Crippen molar-refractivity contribution >= 4 is 66.9 Å². The Morgan fingerprint density at radius 2 is 1.71 bits per heavy atom. The van der Waals surface area contributed by atoms with Crippen molar-refractivity contribution in [2.45, 2.75) is 4.84 Å². The van der Waals surface area contributed by atoms with Gasteiger partial charge in [0.2, 0.25) is 4.84 Å². The molecule has 0 aliphatic rings. The van der Waals surface area contributed by atoms with Crippen molar-refractivity contribution in [2.24, 2.45) is 0 Å². The van der Waals surface area contributed by atoms with E-state index in [0.29, 0.717) is 0 Å². The van der Waals surface area contributed by atoms with Gasteiger partial charge in [-0.25, -0.2) is 4.79 Å². The van der Waals surface area contributed by atoms with E-state index in [2.05, 4.69) is 0 Å². The Morgan fingerprint density at radius 1 is 1.57 bits per heavy atom. The number of aliphatic carboxylic acids is 1. The summed E-state index contributed by atoms with van der Waals surface area (Å²) in [5.41, 5.74) is 0. The van der Waals surface area contributed by atoms with Gasteiger partial charge in [0, 0.05) is 0 Å². The van der Waals surface area contributed by atoms with E-state index in [4.69, 9.17) is 28.3 Å². The van der Waals surface area contributed by atoms with Crippen LogP contribution in [0.25, 0.3) is 0 Å². The van der Waals surface area contributed by atoms with Gasteiger partial charge in [-0.1, -0.05) is 23.2 Å². The van der Waals surface area contributed by atoms with Crippen molar-refractivity contribution in [3.8, 4) is 0 Å². The van der Waals surface area contributed by atoms with Crippen LogP contribution in [0.3, 0.4) is 0 Å². The average Bonchev–Trinajstić information content (AvgIpc) is 1.36. The van der Waals surface area contributed by atoms with Crippen LogP contribution in [0.2, 0.25) is 0 Å². The molecule has 0 heterocycles. The minimum absolute atomic E-state index is 0. The van der Waals surface area contributed by atoms with E-state index in [0.717, 1.165) is 0 Å². The van der Waals surface area contributed by atoms with Crippen molar-refractivity contribution in [3.05, 3.63) is 0 Å². The van der Waals surface area contributed by atoms with Gasteiger partial charge in [0.05, 0.1) is 0 Å². The molecule has 0 aromatic heterocycles. The predicted molar refractivity (Wildman–Crippen MR) is 31.7 cm³/mol. The molecule has 1 N–H and O–H groups in total. The molecule has 2 nitrogen and oxygen atoms in total. The van der Waals surface area contributed by atoms with Crippen LogP contribution < -0.4 is 0 Å². The Balaban J connectivity index is 0. The fourth-order valence-electron chi connectivity index (χ4n) is 0. The van der Waals surface area contributed by atoms with E-state index in [-0.39, 0.29) is 37.7 Å². The molecule has 0 bridgehead atoms. The fraction of sp³-hybridized carbons (Fsp3) is 0.500. The monoisotopic (exact) mass is 170 g/mol. The van der Waals surface area contributed by atoms with Crippen LogP contribution in [-0.2, 0) is 4.79 Å². The topological polar surface area (TPSA) is 37.3 Å². The van der Waals surface area contributed by atoms with Gasteiger partial charge in [0.1, 0.15) is 0 Å². The maximum atomic E-state index is 9.44. The van der Waals surface area contributed by atoms with Gasteiger partial charge in [-0.3, -0.25) is 0 Å². The third kappa shape index (κ3) is 7.31. The van der Waals surface area contributed by atoms with Crippen molar-refractivity contribution in [1.82, 2.24) is 0 Å². The molecule has 0 unspecified atom stereocenters. The van der Waals surface area contributed by atoms with Crippen LogP contribution in [0.15, 0.2) is 0 Å². The molecular weight excluding hydrogens is 167 g/mol. The molecule has 0 aliphatic heterocycles. The van der Waals surface area contributed by atoms with Gasteiger partial charge in [0.25, 0.3) is 0 Å². The number of carboxylic acid groups (broad SMARTS) is 1. The predicted octanol–water partition coefficient (Wildman–Crippen LogP) is -0.0415. The Labute approximate surface area is 80.8 Å². The average molecular weight is 171 g/mol. The van der Waals surface area contributed by atoms with Gasteiger partial charge < -0.3 is 5.11 Å². The molecule has 0 aromatic carbocycles. The van der Waals surface area contributed by atoms with Crippen LogP contribution in [0.5, 0.6) is 0 Å². The van der Waals surface area contributed by atoms with Crippen molar-refractivity contribution < 1.29 is 9.90 Å². The molecule has 0 rings (SSSR count). The SMILES string of the molecule is O=C(O)C(Cl)Cl.[CaH2]. The van der Waals surface area contributed by atoms with Crippen LogP contribution in [0.4, 0.5) is 0 Å². The second kappa shape index (κ2) is 5.45. The van der Waals surface area contributed by atoms with Crippen LogP contribution >= 0.6 is 23.2 Å². The summed E-state index contributed by atoms with van der Waals surface area (Å²) in [6.07, 6.45) is 0. The second-order valence-electron chi connectivity index (χ2n) is 0.639. The molecule has 7 heavy (non-hydrogen) atoms. The molecule has 5 heteroatoms. The molecular formula is C2H4CaCl2O2. The van der Waals surface area contributed by atoms with E-state index in [9.17, 15) is 4.79 Å². The number of carboxylic acids is 1. The summed E-state index contributed by atoms with van der Waals surface area (Å²) in [6.45, 7) is 0. The maximum absolute atomic E-state index is 9.44. The molecule has 0 aliphatic carbocycles. The third-order valence-corrected chi connectivity index (χ3v) is 0.560. The Morgan fingerprint density at radius 3 is 1.71 bits per heavy atom. The first-order valence-electron chi connectivity index (χ1n) is 1.15. The number of rotatable bonds is 1. The number of alkyl halides is 2. The second-order valence-corrected chi connectivity index (χ2v) is 1.74. The number of hydrogen-bond acceptors (Lipinski definition) is 1. The van der Waals surface area contributed by atoms with Gasteiger partial charge in [0.15, 0.2) is 0 Å². The van der Waals surface area contributed by atoms with E-state index in [1.165, 1.54) is 0 Å². The van der Waals surface area contributed by atoms with Gasteiger partial charge in [-0.05, 0) is 0 Å². The van der Waals surface area contributed by atoms with E-state index in [1.54, 1.807) is 0 Å². The molecule has 0 aromatic rings. The molecule has 0 radical (unpaired) electrons. The first-order valence-corrected chi connectivity index (χ1v) is 2.03. The van der Waals surface area contributed by atoms with Crippen molar-refractivity contribution in [1.29, 1.82) is 0 Å². The van der Waals surface area contributed by atoms with E-state index >= 15 is 0 Å². The number of hydrogen-bond donors (Lipinski definition) is 1. The number of carbonyl (C=O) groups is 1. The Bertz CT molecular complexity index is 64.7. The molecule has 0 saturated heterocycles. The summed E-state index contributed by atoms with van der Waals surface area (Å²) in [5.74, 6) is -1.21. The van der Waals surface area contributed by atoms with Crippen LogP contribution in [-0.4, -0.2) is 53.7 Å². The van der Waals surface area contributed by atoms with Crippen molar-refractivity contribution in [2.75, 3.05) is 0 Å². The molecule has 40 valence electrons. The zero-order chi connectivity index (χ0) is 5.15. The normalized spacial score (nSPS) is 7.86. The standard InChI is InChI=1S/C2H2Cl2O2.Ca.2H/c3-1(4)2(5)6;;;/h1H,(H,5,6);;;. The summed E-state index contributed by atoms with van der Waals surface area (Å²) in [4.78, 5) is 8.15. The molecule has 0 saturated carbocycles. The quantitative estimate of drug-likeness (QED) is 0.444. The fourth-order valence-corrected chi connectivity index (χ4v) is 0. The zero-order valence-corrected chi connectivity index (χ0v) is 4.20. The summed E-state index contributed by atoms with van der Waals surface area (Å²) in [5, 5.41) is 7.73.